The van der Waals surface area contributed by atoms with Crippen LogP contribution in [0.1, 0.15) is 43.1 Å². The molecule has 106 valence electrons. The molecule has 0 radical (unpaired) electrons. The predicted octanol–water partition coefficient (Wildman–Crippen LogP) is 3.18. The number of rotatable bonds is 4. The fourth-order valence-electron chi connectivity index (χ4n) is 1.94. The molecule has 1 aromatic rings. The zero-order valence-electron chi connectivity index (χ0n) is 12.0. The molecule has 0 fully saturated rings. The van der Waals surface area contributed by atoms with E-state index in [0.29, 0.717) is 17.0 Å². The lowest BCUT2D eigenvalue weighted by molar-refractivity contribution is 0.0884. The maximum absolute atomic E-state index is 12.3. The minimum atomic E-state index is -0.145. The molecule has 1 aromatic carbocycles. The summed E-state index contributed by atoms with van der Waals surface area (Å²) in [6, 6.07) is 5.21. The van der Waals surface area contributed by atoms with E-state index in [0.717, 1.165) is 5.56 Å². The molecule has 1 unspecified atom stereocenters. The maximum Gasteiger partial charge on any atom is 0.251 e. The molecule has 0 saturated heterocycles. The third-order valence-corrected chi connectivity index (χ3v) is 3.69. The highest BCUT2D eigenvalue weighted by atomic mass is 35.5. The monoisotopic (exact) mass is 283 g/mol. The minimum Gasteiger partial charge on any atom is -0.396 e. The second-order valence-corrected chi connectivity index (χ2v) is 6.22. The molecule has 1 amide bonds. The molecule has 2 N–H and O–H groups in total. The van der Waals surface area contributed by atoms with E-state index >= 15 is 0 Å². The van der Waals surface area contributed by atoms with Gasteiger partial charge in [0, 0.05) is 23.2 Å². The van der Waals surface area contributed by atoms with Crippen LogP contribution in [-0.4, -0.2) is 23.7 Å². The molecule has 0 saturated carbocycles. The summed E-state index contributed by atoms with van der Waals surface area (Å²) >= 11 is 6.03. The highest BCUT2D eigenvalue weighted by Crippen LogP contribution is 2.23. The van der Waals surface area contributed by atoms with Gasteiger partial charge in [-0.1, -0.05) is 38.4 Å². The summed E-state index contributed by atoms with van der Waals surface area (Å²) in [5.41, 5.74) is 1.25. The summed E-state index contributed by atoms with van der Waals surface area (Å²) in [5.74, 6) is -0.145. The van der Waals surface area contributed by atoms with Gasteiger partial charge in [-0.05, 0) is 36.5 Å². The number of nitrogens with one attached hydrogen (secondary N) is 1. The Morgan fingerprint density at radius 2 is 2.05 bits per heavy atom. The maximum atomic E-state index is 12.3. The molecule has 0 spiro atoms. The minimum absolute atomic E-state index is 0.0523. The van der Waals surface area contributed by atoms with Crippen molar-refractivity contribution in [2.45, 2.75) is 40.2 Å². The molecule has 4 heteroatoms. The van der Waals surface area contributed by atoms with Crippen LogP contribution in [0.4, 0.5) is 0 Å². The third kappa shape index (κ3) is 4.22. The van der Waals surface area contributed by atoms with Crippen LogP contribution in [0.5, 0.6) is 0 Å². The van der Waals surface area contributed by atoms with E-state index in [4.69, 9.17) is 16.7 Å². The van der Waals surface area contributed by atoms with Crippen molar-refractivity contribution in [2.24, 2.45) is 5.41 Å². The van der Waals surface area contributed by atoms with Crippen LogP contribution < -0.4 is 5.32 Å². The zero-order valence-corrected chi connectivity index (χ0v) is 12.7. The number of carbonyl (C=O) groups excluding carboxylic acids is 1. The topological polar surface area (TPSA) is 49.3 Å². The second-order valence-electron chi connectivity index (χ2n) is 5.82. The van der Waals surface area contributed by atoms with E-state index in [2.05, 4.69) is 5.32 Å². The van der Waals surface area contributed by atoms with Crippen molar-refractivity contribution in [3.8, 4) is 0 Å². The van der Waals surface area contributed by atoms with Gasteiger partial charge < -0.3 is 10.4 Å². The van der Waals surface area contributed by atoms with Gasteiger partial charge in [0.2, 0.25) is 0 Å². The van der Waals surface area contributed by atoms with E-state index in [1.165, 1.54) is 0 Å². The molecule has 0 aliphatic rings. The zero-order chi connectivity index (χ0) is 14.6. The van der Waals surface area contributed by atoms with E-state index in [1.807, 2.05) is 27.7 Å². The average Bonchev–Trinajstić information content (AvgIpc) is 2.30. The summed E-state index contributed by atoms with van der Waals surface area (Å²) in [6.45, 7) is 8.00. The van der Waals surface area contributed by atoms with E-state index in [-0.39, 0.29) is 24.0 Å². The van der Waals surface area contributed by atoms with Crippen molar-refractivity contribution in [1.29, 1.82) is 0 Å². The van der Waals surface area contributed by atoms with E-state index in [9.17, 15) is 4.79 Å². The summed E-state index contributed by atoms with van der Waals surface area (Å²) in [6.07, 6.45) is 0.537. The summed E-state index contributed by atoms with van der Waals surface area (Å²) in [5, 5.41) is 12.7. The van der Waals surface area contributed by atoms with Gasteiger partial charge in [-0.2, -0.15) is 0 Å². The Morgan fingerprint density at radius 1 is 1.42 bits per heavy atom. The van der Waals surface area contributed by atoms with Gasteiger partial charge in [0.1, 0.15) is 0 Å². The number of carbonyl (C=O) groups is 1. The van der Waals surface area contributed by atoms with Gasteiger partial charge in [0.05, 0.1) is 0 Å². The Hall–Kier alpha value is -1.06. The van der Waals surface area contributed by atoms with Crippen LogP contribution in [-0.2, 0) is 0 Å². The first-order valence-electron chi connectivity index (χ1n) is 6.44. The number of amides is 1. The van der Waals surface area contributed by atoms with Crippen molar-refractivity contribution < 1.29 is 9.90 Å². The number of hydrogen-bond donors (Lipinski definition) is 2. The first-order valence-corrected chi connectivity index (χ1v) is 6.82. The molecule has 0 aromatic heterocycles. The Kier molecular flexibility index (Phi) is 5.39. The van der Waals surface area contributed by atoms with Crippen LogP contribution in [0.25, 0.3) is 0 Å². The third-order valence-electron chi connectivity index (χ3n) is 3.28. The largest absolute Gasteiger partial charge is 0.396 e. The van der Waals surface area contributed by atoms with Crippen LogP contribution in [0.3, 0.4) is 0 Å². The Bertz CT molecular complexity index is 452. The first-order chi connectivity index (χ1) is 8.77. The lowest BCUT2D eigenvalue weighted by atomic mass is 9.84. The predicted molar refractivity (Wildman–Crippen MR) is 78.6 cm³/mol. The highest BCUT2D eigenvalue weighted by molar-refractivity contribution is 6.31. The van der Waals surface area contributed by atoms with Gasteiger partial charge in [-0.3, -0.25) is 4.79 Å². The lowest BCUT2D eigenvalue weighted by Crippen LogP contribution is -2.44. The van der Waals surface area contributed by atoms with Crippen LogP contribution in [0, 0.1) is 12.3 Å². The molecular weight excluding hydrogens is 262 g/mol. The Balaban J connectivity index is 2.91. The first kappa shape index (κ1) is 16.0. The molecule has 3 nitrogen and oxygen atoms in total. The van der Waals surface area contributed by atoms with Crippen molar-refractivity contribution >= 4 is 17.5 Å². The molecule has 19 heavy (non-hydrogen) atoms. The summed E-state index contributed by atoms with van der Waals surface area (Å²) in [7, 11) is 0. The molecular formula is C15H22ClNO2. The van der Waals surface area contributed by atoms with Gasteiger partial charge in [-0.15, -0.1) is 0 Å². The van der Waals surface area contributed by atoms with E-state index < -0.39 is 0 Å². The number of halogens is 1. The molecule has 0 aliphatic carbocycles. The van der Waals surface area contributed by atoms with Crippen molar-refractivity contribution in [1.82, 2.24) is 5.32 Å². The van der Waals surface area contributed by atoms with Crippen molar-refractivity contribution in [2.75, 3.05) is 6.61 Å². The second kappa shape index (κ2) is 6.40. The fourth-order valence-corrected chi connectivity index (χ4v) is 2.11. The SMILES string of the molecule is Cc1c(Cl)cccc1C(=O)NC(CCO)C(C)(C)C. The van der Waals surface area contributed by atoms with Crippen LogP contribution in [0.15, 0.2) is 18.2 Å². The number of aliphatic hydroxyl groups is 1. The van der Waals surface area contributed by atoms with Gasteiger partial charge >= 0.3 is 0 Å². The molecule has 0 aliphatic heterocycles. The fraction of sp³-hybridized carbons (Fsp3) is 0.533. The van der Waals surface area contributed by atoms with E-state index in [1.54, 1.807) is 18.2 Å². The standard InChI is InChI=1S/C15H22ClNO2/c1-10-11(6-5-7-12(10)16)14(19)17-13(8-9-18)15(2,3)4/h5-7,13,18H,8-9H2,1-4H3,(H,17,19). The van der Waals surface area contributed by atoms with Gasteiger partial charge in [0.15, 0.2) is 0 Å². The van der Waals surface area contributed by atoms with Crippen LogP contribution >= 0.6 is 11.6 Å². The number of benzene rings is 1. The number of aliphatic hydroxyl groups excluding tert-OH is 1. The molecule has 1 rings (SSSR count). The molecule has 1 atom stereocenters. The summed E-state index contributed by atoms with van der Waals surface area (Å²) in [4.78, 5) is 12.3. The van der Waals surface area contributed by atoms with Crippen LogP contribution in [0.2, 0.25) is 5.02 Å². The highest BCUT2D eigenvalue weighted by Gasteiger charge is 2.26. The quantitative estimate of drug-likeness (QED) is 0.892. The summed E-state index contributed by atoms with van der Waals surface area (Å²) < 4.78 is 0. The molecule has 0 heterocycles. The Morgan fingerprint density at radius 3 is 2.58 bits per heavy atom. The lowest BCUT2D eigenvalue weighted by Gasteiger charge is -2.31. The van der Waals surface area contributed by atoms with Crippen molar-refractivity contribution in [3.63, 3.8) is 0 Å². The average molecular weight is 284 g/mol. The van der Waals surface area contributed by atoms with Gasteiger partial charge in [0.25, 0.3) is 5.91 Å². The number of hydrogen-bond acceptors (Lipinski definition) is 2. The van der Waals surface area contributed by atoms with Crippen molar-refractivity contribution in [3.05, 3.63) is 34.3 Å². The normalized spacial score (nSPS) is 13.2. The molecule has 0 bridgehead atoms. The Labute approximate surface area is 120 Å². The van der Waals surface area contributed by atoms with Gasteiger partial charge in [-0.25, -0.2) is 0 Å². The smallest absolute Gasteiger partial charge is 0.251 e.